The van der Waals surface area contributed by atoms with E-state index in [2.05, 4.69) is 18.4 Å². The van der Waals surface area contributed by atoms with Gasteiger partial charge in [0.2, 0.25) is 0 Å². The highest BCUT2D eigenvalue weighted by atomic mass is 28.4. The van der Waals surface area contributed by atoms with Crippen LogP contribution in [0.2, 0.25) is 13.1 Å². The highest BCUT2D eigenvalue weighted by molar-refractivity contribution is 6.78. The summed E-state index contributed by atoms with van der Waals surface area (Å²) in [5.41, 5.74) is 2.93. The highest BCUT2D eigenvalue weighted by Gasteiger charge is 2.10. The summed E-state index contributed by atoms with van der Waals surface area (Å²) in [6.45, 7) is 5.87. The van der Waals surface area contributed by atoms with Crippen molar-refractivity contribution in [3.05, 3.63) is 0 Å². The molecule has 2 heteroatoms. The maximum Gasteiger partial charge on any atom is 0.263 e. The first-order valence-electron chi connectivity index (χ1n) is 4.28. The average Bonchev–Trinajstić information content (AvgIpc) is 1.85. The molecule has 0 bridgehead atoms. The van der Waals surface area contributed by atoms with E-state index in [4.69, 9.17) is 0 Å². The van der Waals surface area contributed by atoms with Crippen molar-refractivity contribution in [1.82, 2.24) is 0 Å². The van der Waals surface area contributed by atoms with Crippen molar-refractivity contribution >= 4 is 8.32 Å². The first-order valence-corrected chi connectivity index (χ1v) is 7.23. The molecule has 0 saturated carbocycles. The quantitative estimate of drug-likeness (QED) is 0.391. The van der Waals surface area contributed by atoms with Crippen molar-refractivity contribution < 1.29 is 4.80 Å². The Bertz CT molecular complexity index is 147. The molecule has 0 atom stereocenters. The van der Waals surface area contributed by atoms with Gasteiger partial charge in [-0.25, -0.2) is 0 Å². The fourth-order valence-corrected chi connectivity index (χ4v) is 1.30. The third kappa shape index (κ3) is 9.74. The van der Waals surface area contributed by atoms with Crippen LogP contribution in [-0.4, -0.2) is 13.1 Å². The number of hydrogen-bond acceptors (Lipinski definition) is 1. The van der Waals surface area contributed by atoms with E-state index in [0.29, 0.717) is 0 Å². The van der Waals surface area contributed by atoms with Crippen LogP contribution in [0.1, 0.15) is 32.6 Å². The summed E-state index contributed by atoms with van der Waals surface area (Å²) >= 11 is 0. The van der Waals surface area contributed by atoms with Gasteiger partial charge >= 0.3 is 0 Å². The third-order valence-electron chi connectivity index (χ3n) is 1.30. The maximum atomic E-state index is 9.34. The molecule has 0 aromatic heterocycles. The number of unbranched alkanes of at least 4 members (excludes halogenated alkanes) is 3. The van der Waals surface area contributed by atoms with Crippen LogP contribution < -0.4 is 0 Å². The first-order chi connectivity index (χ1) is 5.06. The van der Waals surface area contributed by atoms with E-state index >= 15 is 0 Å². The minimum Gasteiger partial charge on any atom is -0.422 e. The van der Waals surface area contributed by atoms with Crippen molar-refractivity contribution in [3.63, 3.8) is 0 Å². The lowest BCUT2D eigenvalue weighted by Gasteiger charge is -2.01. The lowest BCUT2D eigenvalue weighted by atomic mass is 10.2. The van der Waals surface area contributed by atoms with Gasteiger partial charge in [-0.15, -0.1) is 5.92 Å². The van der Waals surface area contributed by atoms with Crippen LogP contribution >= 0.6 is 0 Å². The van der Waals surface area contributed by atoms with Gasteiger partial charge in [-0.05, 0) is 19.5 Å². The molecule has 0 fully saturated rings. The van der Waals surface area contributed by atoms with Crippen LogP contribution in [-0.2, 0) is 0 Å². The molecule has 0 aromatic carbocycles. The fourth-order valence-electron chi connectivity index (χ4n) is 0.742. The molecule has 0 radical (unpaired) electrons. The van der Waals surface area contributed by atoms with Gasteiger partial charge in [-0.1, -0.05) is 25.3 Å². The lowest BCUT2D eigenvalue weighted by Crippen LogP contribution is -2.22. The Hall–Kier alpha value is -0.263. The maximum absolute atomic E-state index is 9.34. The molecule has 11 heavy (non-hydrogen) atoms. The van der Waals surface area contributed by atoms with E-state index < -0.39 is 8.32 Å². The molecule has 0 spiro atoms. The molecular weight excluding hydrogens is 152 g/mol. The highest BCUT2D eigenvalue weighted by Crippen LogP contribution is 1.98. The molecule has 0 saturated heterocycles. The molecule has 1 nitrogen and oxygen atoms in total. The van der Waals surface area contributed by atoms with Gasteiger partial charge in [-0.2, -0.15) is 0 Å². The minimum absolute atomic E-state index is 0.949. The van der Waals surface area contributed by atoms with E-state index in [1.807, 2.05) is 13.1 Å². The smallest absolute Gasteiger partial charge is 0.263 e. The second-order valence-electron chi connectivity index (χ2n) is 3.32. The molecule has 0 amide bonds. The van der Waals surface area contributed by atoms with Gasteiger partial charge in [-0.3, -0.25) is 0 Å². The summed E-state index contributed by atoms with van der Waals surface area (Å²) in [6, 6.07) is 0. The van der Waals surface area contributed by atoms with Gasteiger partial charge in [0.25, 0.3) is 8.32 Å². The van der Waals surface area contributed by atoms with Gasteiger partial charge in [0.05, 0.1) is 0 Å². The third-order valence-corrected chi connectivity index (χ3v) is 2.09. The Balaban J connectivity index is 3.41. The lowest BCUT2D eigenvalue weighted by molar-refractivity contribution is 0.570. The Morgan fingerprint density at radius 2 is 1.91 bits per heavy atom. The zero-order chi connectivity index (χ0) is 8.74. The van der Waals surface area contributed by atoms with Crippen molar-refractivity contribution in [2.24, 2.45) is 0 Å². The molecule has 0 rings (SSSR count). The summed E-state index contributed by atoms with van der Waals surface area (Å²) < 4.78 is 0. The Kier molecular flexibility index (Phi) is 5.27. The van der Waals surface area contributed by atoms with Crippen LogP contribution in [0.25, 0.3) is 0 Å². The first kappa shape index (κ1) is 10.7. The van der Waals surface area contributed by atoms with Gasteiger partial charge in [0.1, 0.15) is 0 Å². The van der Waals surface area contributed by atoms with Crippen molar-refractivity contribution in [2.75, 3.05) is 0 Å². The van der Waals surface area contributed by atoms with Crippen molar-refractivity contribution in [2.45, 2.75) is 45.7 Å². The summed E-state index contributed by atoms with van der Waals surface area (Å²) in [5, 5.41) is 0. The van der Waals surface area contributed by atoms with Gasteiger partial charge in [0.15, 0.2) is 0 Å². The average molecular weight is 170 g/mol. The Morgan fingerprint density at radius 3 is 2.36 bits per heavy atom. The summed E-state index contributed by atoms with van der Waals surface area (Å²) in [6.07, 6.45) is 4.61. The van der Waals surface area contributed by atoms with E-state index in [9.17, 15) is 4.80 Å². The Labute approximate surface area is 71.0 Å². The number of rotatable bonds is 3. The molecular formula is C9H18OSi. The molecule has 1 N–H and O–H groups in total. The van der Waals surface area contributed by atoms with E-state index in [1.165, 1.54) is 19.3 Å². The second-order valence-corrected chi connectivity index (χ2v) is 6.69. The molecule has 0 aromatic rings. The largest absolute Gasteiger partial charge is 0.422 e. The van der Waals surface area contributed by atoms with Crippen LogP contribution in [0.4, 0.5) is 0 Å². The SMILES string of the molecule is CCCCCC#C[Si](C)(C)O. The molecule has 0 aliphatic heterocycles. The van der Waals surface area contributed by atoms with E-state index in [-0.39, 0.29) is 0 Å². The van der Waals surface area contributed by atoms with Gasteiger partial charge < -0.3 is 4.80 Å². The summed E-state index contributed by atoms with van der Waals surface area (Å²) in [7, 11) is -2.08. The van der Waals surface area contributed by atoms with Crippen LogP contribution in [0, 0.1) is 11.5 Å². The molecule has 0 unspecified atom stereocenters. The molecule has 0 heterocycles. The second kappa shape index (κ2) is 5.40. The Morgan fingerprint density at radius 1 is 1.27 bits per heavy atom. The minimum atomic E-state index is -2.08. The van der Waals surface area contributed by atoms with Crippen molar-refractivity contribution in [3.8, 4) is 11.5 Å². The standard InChI is InChI=1S/C9H18OSi/c1-4-5-6-7-8-9-11(2,3)10/h10H,4-7H2,1-3H3. The monoisotopic (exact) mass is 170 g/mol. The summed E-state index contributed by atoms with van der Waals surface area (Å²) in [5.74, 6) is 3.02. The van der Waals surface area contributed by atoms with E-state index in [1.54, 1.807) is 0 Å². The zero-order valence-electron chi connectivity index (χ0n) is 7.78. The van der Waals surface area contributed by atoms with E-state index in [0.717, 1.165) is 6.42 Å². The van der Waals surface area contributed by atoms with Crippen molar-refractivity contribution in [1.29, 1.82) is 0 Å². The zero-order valence-corrected chi connectivity index (χ0v) is 8.78. The predicted octanol–water partition coefficient (Wildman–Crippen LogP) is 2.31. The van der Waals surface area contributed by atoms with Crippen LogP contribution in [0.15, 0.2) is 0 Å². The summed E-state index contributed by atoms with van der Waals surface area (Å²) in [4.78, 5) is 9.34. The molecule has 0 aliphatic carbocycles. The topological polar surface area (TPSA) is 20.2 Å². The predicted molar refractivity (Wildman–Crippen MR) is 51.6 cm³/mol. The van der Waals surface area contributed by atoms with Crippen LogP contribution in [0.5, 0.6) is 0 Å². The molecule has 0 aliphatic rings. The fraction of sp³-hybridized carbons (Fsp3) is 0.778. The van der Waals surface area contributed by atoms with Gasteiger partial charge in [0, 0.05) is 6.42 Å². The molecule has 64 valence electrons. The normalized spacial score (nSPS) is 10.5. The van der Waals surface area contributed by atoms with Crippen LogP contribution in [0.3, 0.4) is 0 Å². The number of hydrogen-bond donors (Lipinski definition) is 1.